The molecule has 3 N–H and O–H groups in total. The minimum atomic E-state index is 0.0167. The molecule has 0 spiro atoms. The normalized spacial score (nSPS) is 12.4. The zero-order chi connectivity index (χ0) is 15.8. The molecule has 0 bridgehead atoms. The van der Waals surface area contributed by atoms with Gasteiger partial charge in [-0.15, -0.1) is 0 Å². The lowest BCUT2D eigenvalue weighted by atomic mass is 10.1. The molecule has 1 amide bonds. The largest absolute Gasteiger partial charge is 0.399 e. The first-order valence-corrected chi connectivity index (χ1v) is 7.66. The van der Waals surface area contributed by atoms with E-state index in [1.165, 1.54) is 0 Å². The van der Waals surface area contributed by atoms with Crippen LogP contribution in [0.5, 0.6) is 0 Å². The fourth-order valence-corrected chi connectivity index (χ4v) is 2.29. The molecule has 0 heterocycles. The molecule has 0 radical (unpaired) electrons. The van der Waals surface area contributed by atoms with Crippen LogP contribution in [-0.2, 0) is 9.53 Å². The second-order valence-electron chi connectivity index (χ2n) is 6.04. The van der Waals surface area contributed by atoms with Crippen molar-refractivity contribution in [1.29, 1.82) is 0 Å². The lowest BCUT2D eigenvalue weighted by Crippen LogP contribution is -2.15. The molecule has 21 heavy (non-hydrogen) atoms. The number of amides is 1. The number of carbonyl (C=O) groups is 1. The predicted molar refractivity (Wildman–Crippen MR) is 88.3 cm³/mol. The molecule has 1 aromatic carbocycles. The molecule has 0 saturated carbocycles. The van der Waals surface area contributed by atoms with Crippen LogP contribution in [0.1, 0.15) is 45.6 Å². The van der Waals surface area contributed by atoms with Gasteiger partial charge in [-0.2, -0.15) is 0 Å². The monoisotopic (exact) mass is 292 g/mol. The van der Waals surface area contributed by atoms with E-state index in [1.54, 1.807) is 6.07 Å². The van der Waals surface area contributed by atoms with Crippen molar-refractivity contribution in [3.05, 3.63) is 23.8 Å². The zero-order valence-corrected chi connectivity index (χ0v) is 13.6. The van der Waals surface area contributed by atoms with Crippen LogP contribution >= 0.6 is 0 Å². The van der Waals surface area contributed by atoms with Gasteiger partial charge < -0.3 is 15.8 Å². The maximum Gasteiger partial charge on any atom is 0.224 e. The second kappa shape index (κ2) is 8.67. The van der Waals surface area contributed by atoms with Gasteiger partial charge in [-0.05, 0) is 56.4 Å². The molecule has 0 fully saturated rings. The van der Waals surface area contributed by atoms with Crippen LogP contribution in [0.25, 0.3) is 0 Å². The van der Waals surface area contributed by atoms with E-state index in [0.29, 0.717) is 24.6 Å². The third-order valence-corrected chi connectivity index (χ3v) is 3.28. The standard InChI is InChI=1S/C17H28N2O2/c1-12(2)10-14(4)21-9-5-6-17(20)19-16-8-7-15(18)11-13(16)3/h7-8,11-12,14H,5-6,9-10,18H2,1-4H3,(H,19,20). The van der Waals surface area contributed by atoms with Gasteiger partial charge in [0.05, 0.1) is 6.10 Å². The summed E-state index contributed by atoms with van der Waals surface area (Å²) in [6.07, 6.45) is 2.52. The van der Waals surface area contributed by atoms with Crippen LogP contribution in [-0.4, -0.2) is 18.6 Å². The Kier molecular flexibility index (Phi) is 7.23. The molecule has 1 atom stereocenters. The van der Waals surface area contributed by atoms with Gasteiger partial charge in [-0.25, -0.2) is 0 Å². The van der Waals surface area contributed by atoms with Crippen molar-refractivity contribution in [2.45, 2.75) is 53.1 Å². The van der Waals surface area contributed by atoms with E-state index >= 15 is 0 Å². The minimum Gasteiger partial charge on any atom is -0.399 e. The van der Waals surface area contributed by atoms with E-state index in [4.69, 9.17) is 10.5 Å². The van der Waals surface area contributed by atoms with E-state index in [0.717, 1.165) is 24.1 Å². The van der Waals surface area contributed by atoms with E-state index in [1.807, 2.05) is 19.1 Å². The van der Waals surface area contributed by atoms with E-state index in [9.17, 15) is 4.79 Å². The molecule has 1 aromatic rings. The number of benzene rings is 1. The first kappa shape index (κ1) is 17.5. The van der Waals surface area contributed by atoms with Gasteiger partial charge in [0.25, 0.3) is 0 Å². The van der Waals surface area contributed by atoms with Gasteiger partial charge in [-0.3, -0.25) is 4.79 Å². The molecule has 118 valence electrons. The second-order valence-corrected chi connectivity index (χ2v) is 6.04. The number of ether oxygens (including phenoxy) is 1. The van der Waals surface area contributed by atoms with E-state index in [-0.39, 0.29) is 12.0 Å². The lowest BCUT2D eigenvalue weighted by Gasteiger charge is -2.15. The number of hydrogen-bond acceptors (Lipinski definition) is 3. The third kappa shape index (κ3) is 7.14. The summed E-state index contributed by atoms with van der Waals surface area (Å²) >= 11 is 0. The summed E-state index contributed by atoms with van der Waals surface area (Å²) < 4.78 is 5.70. The Morgan fingerprint density at radius 3 is 2.67 bits per heavy atom. The fraction of sp³-hybridized carbons (Fsp3) is 0.588. The number of aryl methyl sites for hydroxylation is 1. The van der Waals surface area contributed by atoms with Crippen LogP contribution in [0.4, 0.5) is 11.4 Å². The van der Waals surface area contributed by atoms with Crippen LogP contribution in [0.2, 0.25) is 0 Å². The average molecular weight is 292 g/mol. The van der Waals surface area contributed by atoms with Gasteiger partial charge >= 0.3 is 0 Å². The Labute approximate surface area is 128 Å². The molecule has 4 heteroatoms. The SMILES string of the molecule is Cc1cc(N)ccc1NC(=O)CCCOC(C)CC(C)C. The first-order chi connectivity index (χ1) is 9.88. The number of nitrogens with two attached hydrogens (primary N) is 1. The van der Waals surface area contributed by atoms with Crippen molar-refractivity contribution >= 4 is 17.3 Å². The maximum absolute atomic E-state index is 11.9. The topological polar surface area (TPSA) is 64.3 Å². The summed E-state index contributed by atoms with van der Waals surface area (Å²) in [5.74, 6) is 0.653. The van der Waals surface area contributed by atoms with Crippen LogP contribution in [0, 0.1) is 12.8 Å². The number of nitrogens with one attached hydrogen (secondary N) is 1. The predicted octanol–water partition coefficient (Wildman–Crippen LogP) is 3.75. The summed E-state index contributed by atoms with van der Waals surface area (Å²) in [6.45, 7) is 9.01. The third-order valence-electron chi connectivity index (χ3n) is 3.28. The Bertz CT molecular complexity index is 458. The van der Waals surface area contributed by atoms with Crippen molar-refractivity contribution < 1.29 is 9.53 Å². The quantitative estimate of drug-likeness (QED) is 0.566. The van der Waals surface area contributed by atoms with Crippen molar-refractivity contribution in [3.63, 3.8) is 0 Å². The van der Waals surface area contributed by atoms with Crippen LogP contribution in [0.15, 0.2) is 18.2 Å². The van der Waals surface area contributed by atoms with E-state index in [2.05, 4.69) is 26.1 Å². The lowest BCUT2D eigenvalue weighted by molar-refractivity contribution is -0.116. The summed E-state index contributed by atoms with van der Waals surface area (Å²) in [4.78, 5) is 11.9. The smallest absolute Gasteiger partial charge is 0.224 e. The summed E-state index contributed by atoms with van der Waals surface area (Å²) in [5, 5.41) is 2.91. The highest BCUT2D eigenvalue weighted by molar-refractivity contribution is 5.91. The molecule has 0 aliphatic rings. The molecule has 0 aromatic heterocycles. The highest BCUT2D eigenvalue weighted by atomic mass is 16.5. The minimum absolute atomic E-state index is 0.0167. The van der Waals surface area contributed by atoms with Crippen LogP contribution in [0.3, 0.4) is 0 Å². The van der Waals surface area contributed by atoms with Gasteiger partial charge in [0.2, 0.25) is 5.91 Å². The zero-order valence-electron chi connectivity index (χ0n) is 13.6. The summed E-state index contributed by atoms with van der Waals surface area (Å²) in [5.41, 5.74) is 8.20. The fourth-order valence-electron chi connectivity index (χ4n) is 2.29. The molecule has 0 aliphatic carbocycles. The molecule has 0 aliphatic heterocycles. The van der Waals surface area contributed by atoms with Gasteiger partial charge in [-0.1, -0.05) is 13.8 Å². The first-order valence-electron chi connectivity index (χ1n) is 7.66. The summed E-state index contributed by atoms with van der Waals surface area (Å²) in [6, 6.07) is 5.48. The molecule has 0 saturated heterocycles. The average Bonchev–Trinajstić information content (AvgIpc) is 2.37. The molecule has 4 nitrogen and oxygen atoms in total. The Hall–Kier alpha value is -1.55. The maximum atomic E-state index is 11.9. The van der Waals surface area contributed by atoms with Crippen molar-refractivity contribution in [3.8, 4) is 0 Å². The van der Waals surface area contributed by atoms with Gasteiger partial charge in [0.15, 0.2) is 0 Å². The van der Waals surface area contributed by atoms with Crippen molar-refractivity contribution in [2.75, 3.05) is 17.7 Å². The molecule has 1 unspecified atom stereocenters. The highest BCUT2D eigenvalue weighted by Crippen LogP contribution is 2.18. The molecular formula is C17H28N2O2. The van der Waals surface area contributed by atoms with E-state index < -0.39 is 0 Å². The summed E-state index contributed by atoms with van der Waals surface area (Å²) in [7, 11) is 0. The Balaban J connectivity index is 2.25. The number of carbonyl (C=O) groups excluding carboxylic acids is 1. The van der Waals surface area contributed by atoms with Gasteiger partial charge in [0, 0.05) is 24.4 Å². The van der Waals surface area contributed by atoms with Crippen molar-refractivity contribution in [1.82, 2.24) is 0 Å². The Morgan fingerprint density at radius 1 is 1.33 bits per heavy atom. The van der Waals surface area contributed by atoms with Gasteiger partial charge in [0.1, 0.15) is 0 Å². The Morgan fingerprint density at radius 2 is 2.05 bits per heavy atom. The highest BCUT2D eigenvalue weighted by Gasteiger charge is 2.07. The van der Waals surface area contributed by atoms with Crippen LogP contribution < -0.4 is 11.1 Å². The van der Waals surface area contributed by atoms with Crippen molar-refractivity contribution in [2.24, 2.45) is 5.92 Å². The molecular weight excluding hydrogens is 264 g/mol. The number of nitrogen functional groups attached to an aromatic ring is 1. The molecule has 1 rings (SSSR count). The number of rotatable bonds is 8. The number of anilines is 2. The number of hydrogen-bond donors (Lipinski definition) is 2.